The Labute approximate surface area is 198 Å². The summed E-state index contributed by atoms with van der Waals surface area (Å²) in [4.78, 5) is 47.0. The number of hydrogen-bond acceptors (Lipinski definition) is 7. The first kappa shape index (κ1) is 23.1. The highest BCUT2D eigenvalue weighted by atomic mass is 16.5. The van der Waals surface area contributed by atoms with Gasteiger partial charge in [-0.05, 0) is 57.0 Å². The van der Waals surface area contributed by atoms with Crippen LogP contribution in [0.5, 0.6) is 5.75 Å². The van der Waals surface area contributed by atoms with E-state index in [4.69, 9.17) is 4.74 Å². The van der Waals surface area contributed by atoms with E-state index in [1.54, 1.807) is 42.5 Å². The summed E-state index contributed by atoms with van der Waals surface area (Å²) in [6, 6.07) is 15.8. The Hall–Kier alpha value is -4.07. The van der Waals surface area contributed by atoms with Crippen molar-refractivity contribution in [2.45, 2.75) is 39.5 Å². The van der Waals surface area contributed by atoms with Gasteiger partial charge in [0.2, 0.25) is 5.95 Å². The number of nitrogens with zero attached hydrogens (tertiary/aromatic N) is 3. The highest BCUT2D eigenvalue weighted by Crippen LogP contribution is 2.23. The smallest absolute Gasteiger partial charge is 0.311 e. The molecule has 2 aromatic carbocycles. The number of unbranched alkanes of at least 4 members (excludes halogenated alkanes) is 2. The largest absolute Gasteiger partial charge is 0.426 e. The highest BCUT2D eigenvalue weighted by molar-refractivity contribution is 6.21. The van der Waals surface area contributed by atoms with Gasteiger partial charge in [0.15, 0.2) is 0 Å². The minimum Gasteiger partial charge on any atom is -0.426 e. The summed E-state index contributed by atoms with van der Waals surface area (Å²) in [5.74, 6) is 0.0874. The van der Waals surface area contributed by atoms with Crippen LogP contribution in [0.15, 0.2) is 54.6 Å². The Bertz CT molecular complexity index is 1190. The molecule has 174 valence electrons. The van der Waals surface area contributed by atoms with Crippen LogP contribution in [-0.2, 0) is 4.79 Å². The quantitative estimate of drug-likeness (QED) is 0.216. The molecule has 0 fully saturated rings. The number of carbonyl (C=O) groups excluding carboxylic acids is 3. The fourth-order valence-electron chi connectivity index (χ4n) is 3.89. The fourth-order valence-corrected chi connectivity index (χ4v) is 3.89. The minimum atomic E-state index is -0.333. The third-order valence-corrected chi connectivity index (χ3v) is 5.44. The molecule has 0 saturated carbocycles. The first-order chi connectivity index (χ1) is 16.4. The Morgan fingerprint density at radius 2 is 1.56 bits per heavy atom. The normalized spacial score (nSPS) is 12.6. The van der Waals surface area contributed by atoms with Gasteiger partial charge in [0.25, 0.3) is 11.8 Å². The SMILES string of the molecule is Cc1cc(C)nc(Nc2cccc(OC(=O)CCCCCN3C(=O)c4ccccc4C3=O)c2)n1. The Morgan fingerprint density at radius 1 is 0.882 bits per heavy atom. The fraction of sp³-hybridized carbons (Fsp3) is 0.269. The average molecular weight is 459 g/mol. The first-order valence-corrected chi connectivity index (χ1v) is 11.3. The number of imide groups is 1. The molecular formula is C26H26N4O4. The van der Waals surface area contributed by atoms with Crippen LogP contribution in [-0.4, -0.2) is 39.2 Å². The van der Waals surface area contributed by atoms with Crippen LogP contribution in [0.2, 0.25) is 0 Å². The molecule has 2 heterocycles. The van der Waals surface area contributed by atoms with E-state index >= 15 is 0 Å². The van der Waals surface area contributed by atoms with Crippen molar-refractivity contribution in [3.8, 4) is 5.75 Å². The molecule has 2 amide bonds. The van der Waals surface area contributed by atoms with Crippen molar-refractivity contribution >= 4 is 29.4 Å². The molecular weight excluding hydrogens is 432 g/mol. The second-order valence-corrected chi connectivity index (χ2v) is 8.22. The third-order valence-electron chi connectivity index (χ3n) is 5.44. The summed E-state index contributed by atoms with van der Waals surface area (Å²) in [5, 5.41) is 3.13. The van der Waals surface area contributed by atoms with E-state index in [0.717, 1.165) is 17.1 Å². The maximum atomic E-state index is 12.4. The van der Waals surface area contributed by atoms with Gasteiger partial charge in [-0.1, -0.05) is 24.6 Å². The molecule has 1 aromatic heterocycles. The monoisotopic (exact) mass is 458 g/mol. The van der Waals surface area contributed by atoms with E-state index in [1.165, 1.54) is 4.90 Å². The molecule has 0 aliphatic carbocycles. The van der Waals surface area contributed by atoms with Gasteiger partial charge in [-0.3, -0.25) is 19.3 Å². The van der Waals surface area contributed by atoms with E-state index in [0.29, 0.717) is 48.6 Å². The van der Waals surface area contributed by atoms with Crippen LogP contribution in [0, 0.1) is 13.8 Å². The molecule has 0 unspecified atom stereocenters. The van der Waals surface area contributed by atoms with Gasteiger partial charge in [0.1, 0.15) is 5.75 Å². The summed E-state index contributed by atoms with van der Waals surface area (Å²) in [6.45, 7) is 4.14. The zero-order valence-electron chi connectivity index (χ0n) is 19.2. The number of aryl methyl sites for hydroxylation is 2. The number of aromatic nitrogens is 2. The molecule has 34 heavy (non-hydrogen) atoms. The summed E-state index contributed by atoms with van der Waals surface area (Å²) >= 11 is 0. The molecule has 1 aliphatic rings. The second kappa shape index (κ2) is 10.2. The number of amides is 2. The molecule has 8 nitrogen and oxygen atoms in total. The van der Waals surface area contributed by atoms with Crippen LogP contribution >= 0.6 is 0 Å². The van der Waals surface area contributed by atoms with Crippen LogP contribution in [0.25, 0.3) is 0 Å². The van der Waals surface area contributed by atoms with Crippen molar-refractivity contribution in [3.63, 3.8) is 0 Å². The lowest BCUT2D eigenvalue weighted by molar-refractivity contribution is -0.134. The highest BCUT2D eigenvalue weighted by Gasteiger charge is 2.34. The van der Waals surface area contributed by atoms with Crippen LogP contribution in [0.1, 0.15) is 57.8 Å². The minimum absolute atomic E-state index is 0.250. The number of ether oxygens (including phenoxy) is 1. The van der Waals surface area contributed by atoms with Gasteiger partial charge in [-0.2, -0.15) is 0 Å². The lowest BCUT2D eigenvalue weighted by Gasteiger charge is -2.13. The molecule has 1 aliphatic heterocycles. The molecule has 0 bridgehead atoms. The summed E-state index contributed by atoms with van der Waals surface area (Å²) in [7, 11) is 0. The van der Waals surface area contributed by atoms with Crippen molar-refractivity contribution in [2.75, 3.05) is 11.9 Å². The summed E-state index contributed by atoms with van der Waals surface area (Å²) < 4.78 is 5.46. The number of anilines is 2. The molecule has 0 spiro atoms. The third kappa shape index (κ3) is 5.46. The van der Waals surface area contributed by atoms with Crippen molar-refractivity contribution in [2.24, 2.45) is 0 Å². The summed E-state index contributed by atoms with van der Waals surface area (Å²) in [6.07, 6.45) is 2.19. The number of fused-ring (bicyclic) bond motifs is 1. The predicted octanol–water partition coefficient (Wildman–Crippen LogP) is 4.60. The molecule has 0 radical (unpaired) electrons. The molecule has 1 N–H and O–H groups in total. The van der Waals surface area contributed by atoms with E-state index in [-0.39, 0.29) is 24.2 Å². The topological polar surface area (TPSA) is 101 Å². The van der Waals surface area contributed by atoms with Crippen molar-refractivity contribution in [1.82, 2.24) is 14.9 Å². The van der Waals surface area contributed by atoms with Crippen molar-refractivity contribution in [1.29, 1.82) is 0 Å². The number of carbonyl (C=O) groups is 3. The standard InChI is InChI=1S/C26H26N4O4/c1-17-15-18(2)28-26(27-17)29-19-9-8-10-20(16-19)34-23(31)13-4-3-7-14-30-24(32)21-11-5-6-12-22(21)25(30)33/h5-6,8-12,15-16H,3-4,7,13-14H2,1-2H3,(H,27,28,29). The predicted molar refractivity (Wildman–Crippen MR) is 127 cm³/mol. The number of nitrogens with one attached hydrogen (secondary N) is 1. The average Bonchev–Trinajstić information content (AvgIpc) is 3.03. The van der Waals surface area contributed by atoms with Gasteiger partial charge >= 0.3 is 5.97 Å². The Balaban J connectivity index is 1.21. The number of benzene rings is 2. The number of rotatable bonds is 9. The van der Waals surface area contributed by atoms with Crippen LogP contribution < -0.4 is 10.1 Å². The Kier molecular flexibility index (Phi) is 6.96. The van der Waals surface area contributed by atoms with Crippen LogP contribution in [0.4, 0.5) is 11.6 Å². The van der Waals surface area contributed by atoms with Crippen molar-refractivity contribution < 1.29 is 19.1 Å². The second-order valence-electron chi connectivity index (χ2n) is 8.22. The number of hydrogen-bond donors (Lipinski definition) is 1. The lowest BCUT2D eigenvalue weighted by Crippen LogP contribution is -2.30. The zero-order chi connectivity index (χ0) is 24.1. The van der Waals surface area contributed by atoms with E-state index < -0.39 is 0 Å². The Morgan fingerprint density at radius 3 is 2.24 bits per heavy atom. The molecule has 0 saturated heterocycles. The summed E-state index contributed by atoms with van der Waals surface area (Å²) in [5.41, 5.74) is 3.35. The maximum Gasteiger partial charge on any atom is 0.311 e. The molecule has 3 aromatic rings. The number of esters is 1. The molecule has 4 rings (SSSR count). The van der Waals surface area contributed by atoms with Crippen LogP contribution in [0.3, 0.4) is 0 Å². The lowest BCUT2D eigenvalue weighted by atomic mass is 10.1. The van der Waals surface area contributed by atoms with E-state index in [9.17, 15) is 14.4 Å². The van der Waals surface area contributed by atoms with Gasteiger partial charge in [-0.15, -0.1) is 0 Å². The van der Waals surface area contributed by atoms with Gasteiger partial charge in [0.05, 0.1) is 11.1 Å². The van der Waals surface area contributed by atoms with E-state index in [1.807, 2.05) is 26.0 Å². The maximum absolute atomic E-state index is 12.4. The molecule has 8 heteroatoms. The van der Waals surface area contributed by atoms with Gasteiger partial charge in [-0.25, -0.2) is 9.97 Å². The van der Waals surface area contributed by atoms with Gasteiger partial charge < -0.3 is 10.1 Å². The zero-order valence-corrected chi connectivity index (χ0v) is 19.2. The van der Waals surface area contributed by atoms with Crippen molar-refractivity contribution in [3.05, 3.63) is 77.1 Å². The molecule has 0 atom stereocenters. The first-order valence-electron chi connectivity index (χ1n) is 11.3. The van der Waals surface area contributed by atoms with E-state index in [2.05, 4.69) is 15.3 Å². The van der Waals surface area contributed by atoms with Gasteiger partial charge in [0, 0.05) is 36.1 Å².